The molecule has 8 unspecified atom stereocenters. The van der Waals surface area contributed by atoms with Gasteiger partial charge < -0.3 is 81.6 Å². The monoisotopic (exact) mass is 1620 g/mol. The number of carboxylic acids is 1. The molecule has 9 amide bonds. The topological polar surface area (TPSA) is 358 Å². The van der Waals surface area contributed by atoms with Crippen molar-refractivity contribution in [3.05, 3.63) is 221 Å². The number of carbonyl (C=O) groups excluding carboxylic acids is 9. The molecule has 4 heterocycles. The van der Waals surface area contributed by atoms with E-state index in [0.717, 1.165) is 59.5 Å². The number of hydrogen-bond acceptors (Lipinski definition) is 14. The van der Waals surface area contributed by atoms with Crippen LogP contribution >= 0.6 is 11.6 Å². The van der Waals surface area contributed by atoms with Gasteiger partial charge in [0.1, 0.15) is 65.7 Å². The van der Waals surface area contributed by atoms with Gasteiger partial charge in [0.15, 0.2) is 6.29 Å². The molecule has 27 heteroatoms. The number of likely N-dealkylation sites (N-methyl/N-ethyl adjacent to an activating group) is 2. The summed E-state index contributed by atoms with van der Waals surface area (Å²) in [6.45, 7) is 12.2. The summed E-state index contributed by atoms with van der Waals surface area (Å²) in [7, 11) is 2.87. The van der Waals surface area contributed by atoms with Crippen molar-refractivity contribution < 1.29 is 67.3 Å². The van der Waals surface area contributed by atoms with Crippen molar-refractivity contribution in [2.75, 3.05) is 33.8 Å². The number of nitrogens with one attached hydrogen (secondary N) is 8. The van der Waals surface area contributed by atoms with Gasteiger partial charge in [0.25, 0.3) is 0 Å². The Balaban J connectivity index is 0.996. The summed E-state index contributed by atoms with van der Waals surface area (Å²) in [5.74, 6) is -8.18. The fraction of sp³-hybridized carbons (Fsp3) is 0.422. The van der Waals surface area contributed by atoms with Crippen LogP contribution < -0.4 is 42.4 Å². The maximum Gasteiger partial charge on any atom is 0.305 e. The highest BCUT2D eigenvalue weighted by atomic mass is 35.5. The average Bonchev–Trinajstić information content (AvgIpc) is 1.80. The number of ether oxygens (including phenoxy) is 3. The number of nitrogens with two attached hydrogens (primary N) is 1. The third kappa shape index (κ3) is 25.2. The molecule has 0 aliphatic carbocycles. The fourth-order valence-corrected chi connectivity index (χ4v) is 15.0. The van der Waals surface area contributed by atoms with E-state index in [1.165, 1.54) is 30.0 Å². The second-order valence-corrected chi connectivity index (χ2v) is 31.9. The van der Waals surface area contributed by atoms with Crippen molar-refractivity contribution in [3.63, 3.8) is 0 Å². The van der Waals surface area contributed by atoms with Crippen LogP contribution in [0.4, 0.5) is 0 Å². The van der Waals surface area contributed by atoms with E-state index in [1.54, 1.807) is 116 Å². The first-order valence-electron chi connectivity index (χ1n) is 40.4. The number of carbonyl (C=O) groups is 10. The number of benzene rings is 6. The van der Waals surface area contributed by atoms with Gasteiger partial charge >= 0.3 is 5.97 Å². The molecule has 2 fully saturated rings. The SMILES string of the molecule is CC[C@H](C)C(NC(=O)[C@H](Cc1ccccc1)N(C)C(=O)C(Cc1c[nH]c2ccccc12)NC(=O)C(C=CCc1ccccc1)NC(=O)C(Cc1c[nH]c2ccccc12)NC(=O)C(Cc1ccc(OC(C)(C)C)cc1)NC(=O)C(Cc1cccc(Cl)c1)N(C)C(=O)[C@@H](N)[C@@H](C)OC1CCCCO1)C(=O)NC(CC(=O)O)C(=O)N1CCCCC1. The largest absolute Gasteiger partial charge is 0.488 e. The number of nitrogens with zero attached hydrogens (tertiary/aromatic N) is 3. The summed E-state index contributed by atoms with van der Waals surface area (Å²) in [6, 6.07) is 34.0. The highest BCUT2D eigenvalue weighted by Crippen LogP contribution is 2.27. The molecule has 117 heavy (non-hydrogen) atoms. The van der Waals surface area contributed by atoms with Crippen LogP contribution in [0, 0.1) is 5.92 Å². The van der Waals surface area contributed by atoms with E-state index in [0.29, 0.717) is 71.1 Å². The van der Waals surface area contributed by atoms with E-state index in [-0.39, 0.29) is 38.5 Å². The number of fused-ring (bicyclic) bond motifs is 2. The lowest BCUT2D eigenvalue weighted by atomic mass is 9.96. The standard InChI is InChI=1S/C90H111ClN12O14/c1-9-56(2)80(86(111)99-74(53-77(104)105)88(113)103-44-22-12-23-45-103)100-85(110)75(49-59-29-15-11-16-30-59)101(7)87(112)73(52-63-55-94-69-37-20-18-35-67(63)69)98-81(106)70(38-26-31-58-27-13-10-14-28-58)95-83(108)72(51-62-54-93-68-36-19-17-34-66(62)68)96-82(107)71(48-60-40-42-65(43-41-60)117-90(4,5)6)97-84(109)76(50-61-32-25-33-64(91)47-61)102(8)89(114)79(92)57(3)116-78-39-21-24-46-115-78/h10-11,13-20,25-30,32-38,40-43,47,54-57,70-76,78-80,93-94H,9,12,21-24,31,39,44-46,48-53,92H2,1-8H3,(H,95,108)(H,96,107)(H,97,109)(H,98,106)(H,99,111)(H,100,110)(H,104,105)/t56-,57+,70?,71?,72?,73?,74?,75-,76?,78?,79-,80?/m0/s1. The highest BCUT2D eigenvalue weighted by molar-refractivity contribution is 6.30. The number of H-pyrrole nitrogens is 2. The van der Waals surface area contributed by atoms with Crippen molar-refractivity contribution in [2.45, 2.75) is 204 Å². The molecule has 622 valence electrons. The first-order chi connectivity index (χ1) is 56.1. The van der Waals surface area contributed by atoms with Crippen LogP contribution in [-0.2, 0) is 95.9 Å². The third-order valence-electron chi connectivity index (χ3n) is 21.5. The molecule has 0 bridgehead atoms. The van der Waals surface area contributed by atoms with Gasteiger partial charge in [0.2, 0.25) is 53.2 Å². The number of aromatic nitrogens is 2. The van der Waals surface area contributed by atoms with Crippen LogP contribution in [0.25, 0.3) is 21.8 Å². The zero-order valence-electron chi connectivity index (χ0n) is 67.8. The Kier molecular flexibility index (Phi) is 31.7. The number of halogens is 1. The minimum absolute atomic E-state index is 0.0848. The molecule has 0 spiro atoms. The van der Waals surface area contributed by atoms with Gasteiger partial charge in [-0.15, -0.1) is 0 Å². The van der Waals surface area contributed by atoms with E-state index in [9.17, 15) is 24.3 Å². The Morgan fingerprint density at radius 2 is 1.11 bits per heavy atom. The van der Waals surface area contributed by atoms with Gasteiger partial charge in [-0.3, -0.25) is 47.9 Å². The van der Waals surface area contributed by atoms with Crippen LogP contribution in [0.3, 0.4) is 0 Å². The molecule has 12 atom stereocenters. The number of carboxylic acid groups (broad SMARTS) is 1. The molecule has 2 saturated heterocycles. The lowest BCUT2D eigenvalue weighted by molar-refractivity contribution is -0.190. The number of piperidine rings is 1. The van der Waals surface area contributed by atoms with Crippen LogP contribution in [0.1, 0.15) is 126 Å². The maximum absolute atomic E-state index is 16.0. The van der Waals surface area contributed by atoms with Crippen LogP contribution in [-0.4, -0.2) is 195 Å². The van der Waals surface area contributed by atoms with Crippen molar-refractivity contribution in [2.24, 2.45) is 11.7 Å². The molecule has 26 nitrogen and oxygen atoms in total. The molecule has 2 aliphatic rings. The molecule has 2 aliphatic heterocycles. The van der Waals surface area contributed by atoms with E-state index in [2.05, 4.69) is 41.9 Å². The summed E-state index contributed by atoms with van der Waals surface area (Å²) in [4.78, 5) is 161. The Bertz CT molecular complexity index is 4730. The molecule has 10 rings (SSSR count). The van der Waals surface area contributed by atoms with Gasteiger partial charge in [-0.2, -0.15) is 0 Å². The van der Waals surface area contributed by atoms with Crippen LogP contribution in [0.15, 0.2) is 182 Å². The summed E-state index contributed by atoms with van der Waals surface area (Å²) in [5, 5.41) is 29.3. The van der Waals surface area contributed by atoms with Crippen molar-refractivity contribution in [1.82, 2.24) is 56.6 Å². The number of allylic oxidation sites excluding steroid dienone is 1. The van der Waals surface area contributed by atoms with E-state index >= 15 is 28.8 Å². The van der Waals surface area contributed by atoms with Gasteiger partial charge in [-0.1, -0.05) is 165 Å². The summed E-state index contributed by atoms with van der Waals surface area (Å²) in [6.07, 6.45) is 9.11. The second-order valence-electron chi connectivity index (χ2n) is 31.5. The lowest BCUT2D eigenvalue weighted by Crippen LogP contribution is -2.62. The smallest absolute Gasteiger partial charge is 0.305 e. The molecular formula is C90H111ClN12O14. The Morgan fingerprint density at radius 1 is 0.581 bits per heavy atom. The quantitative estimate of drug-likeness (QED) is 0.0161. The van der Waals surface area contributed by atoms with Crippen LogP contribution in [0.2, 0.25) is 5.02 Å². The summed E-state index contributed by atoms with van der Waals surface area (Å²) < 4.78 is 18.1. The van der Waals surface area contributed by atoms with Gasteiger partial charge in [-0.25, -0.2) is 0 Å². The molecule has 2 aromatic heterocycles. The molecule has 8 aromatic rings. The number of hydrogen-bond donors (Lipinski definition) is 10. The number of aromatic amines is 2. The van der Waals surface area contributed by atoms with Gasteiger partial charge in [-0.05, 0) is 148 Å². The van der Waals surface area contributed by atoms with Crippen molar-refractivity contribution >= 4 is 92.5 Å². The van der Waals surface area contributed by atoms with Crippen LogP contribution in [0.5, 0.6) is 5.75 Å². The van der Waals surface area contributed by atoms with E-state index < -0.39 is 144 Å². The summed E-state index contributed by atoms with van der Waals surface area (Å²) >= 11 is 6.55. The predicted molar refractivity (Wildman–Crippen MR) is 448 cm³/mol. The zero-order valence-corrected chi connectivity index (χ0v) is 68.6. The summed E-state index contributed by atoms with van der Waals surface area (Å²) in [5.41, 5.74) is 11.4. The lowest BCUT2D eigenvalue weighted by Gasteiger charge is -2.34. The Morgan fingerprint density at radius 3 is 1.71 bits per heavy atom. The molecular weight excluding hydrogens is 1510 g/mol. The first-order valence-corrected chi connectivity index (χ1v) is 40.7. The minimum Gasteiger partial charge on any atom is -0.488 e. The normalized spacial score (nSPS) is 16.6. The number of aliphatic carboxylic acids is 1. The molecule has 0 radical (unpaired) electrons. The number of rotatable bonds is 38. The van der Waals surface area contributed by atoms with Crippen molar-refractivity contribution in [3.8, 4) is 5.75 Å². The van der Waals surface area contributed by atoms with Crippen molar-refractivity contribution in [1.29, 1.82) is 0 Å². The third-order valence-corrected chi connectivity index (χ3v) is 21.8. The molecule has 6 aromatic carbocycles. The Labute approximate surface area is 688 Å². The average molecular weight is 1620 g/mol. The van der Waals surface area contributed by atoms with E-state index in [1.807, 2.05) is 107 Å². The Hall–Kier alpha value is -11.2. The number of para-hydroxylation sites is 2. The van der Waals surface area contributed by atoms with Gasteiger partial charge in [0, 0.05) is 105 Å². The van der Waals surface area contributed by atoms with Gasteiger partial charge in [0.05, 0.1) is 12.5 Å². The maximum atomic E-state index is 16.0. The predicted octanol–water partition coefficient (Wildman–Crippen LogP) is 9.15. The number of likely N-dealkylation sites (tertiary alicyclic amines) is 1. The second kappa shape index (κ2) is 42.1. The van der Waals surface area contributed by atoms with E-state index in [4.69, 9.17) is 31.5 Å². The first kappa shape index (κ1) is 88.2. The highest BCUT2D eigenvalue weighted by Gasteiger charge is 2.41. The fourth-order valence-electron chi connectivity index (χ4n) is 14.7. The molecule has 11 N–H and O–H groups in total. The number of amides is 9. The zero-order chi connectivity index (χ0) is 83.9. The minimum atomic E-state index is -1.60. The molecule has 0 saturated carbocycles.